The van der Waals surface area contributed by atoms with Gasteiger partial charge in [0.05, 0.1) is 7.11 Å². The highest BCUT2D eigenvalue weighted by atomic mass is 16.5. The maximum absolute atomic E-state index is 5.25. The molecule has 2 nitrogen and oxygen atoms in total. The molecular formula is C14H21NO. The third-order valence-electron chi connectivity index (χ3n) is 3.38. The number of nitrogens with zero attached hydrogens (tertiary/aromatic N) is 1. The number of ether oxygens (including phenoxy) is 1. The van der Waals surface area contributed by atoms with E-state index in [4.69, 9.17) is 4.74 Å². The van der Waals surface area contributed by atoms with Crippen molar-refractivity contribution in [1.29, 1.82) is 0 Å². The van der Waals surface area contributed by atoms with Crippen LogP contribution in [0.4, 0.5) is 0 Å². The zero-order valence-electron chi connectivity index (χ0n) is 10.3. The third kappa shape index (κ3) is 2.99. The van der Waals surface area contributed by atoms with Crippen molar-refractivity contribution in [2.75, 3.05) is 27.2 Å². The van der Waals surface area contributed by atoms with E-state index in [1.165, 1.54) is 37.9 Å². The maximum atomic E-state index is 5.25. The van der Waals surface area contributed by atoms with E-state index in [-0.39, 0.29) is 0 Å². The first-order chi connectivity index (χ1) is 7.78. The molecule has 2 rings (SSSR count). The molecule has 0 bridgehead atoms. The van der Waals surface area contributed by atoms with Crippen LogP contribution in [0.15, 0.2) is 24.3 Å². The Kier molecular flexibility index (Phi) is 3.83. The Morgan fingerprint density at radius 3 is 3.06 bits per heavy atom. The lowest BCUT2D eigenvalue weighted by atomic mass is 9.91. The van der Waals surface area contributed by atoms with Gasteiger partial charge in [0.1, 0.15) is 5.75 Å². The molecule has 0 aliphatic carbocycles. The number of hydrogen-bond donors (Lipinski definition) is 0. The maximum Gasteiger partial charge on any atom is 0.119 e. The Hall–Kier alpha value is -1.02. The highest BCUT2D eigenvalue weighted by Crippen LogP contribution is 2.21. The summed E-state index contributed by atoms with van der Waals surface area (Å²) < 4.78 is 5.25. The summed E-state index contributed by atoms with van der Waals surface area (Å²) in [5.74, 6) is 1.78. The molecule has 1 aromatic carbocycles. The van der Waals surface area contributed by atoms with Crippen LogP contribution in [-0.4, -0.2) is 32.1 Å². The van der Waals surface area contributed by atoms with Crippen LogP contribution in [0.3, 0.4) is 0 Å². The van der Waals surface area contributed by atoms with Gasteiger partial charge in [0.25, 0.3) is 0 Å². The molecule has 0 spiro atoms. The molecule has 1 aliphatic heterocycles. The van der Waals surface area contributed by atoms with Gasteiger partial charge in [-0.15, -0.1) is 0 Å². The molecule has 88 valence electrons. The van der Waals surface area contributed by atoms with Crippen LogP contribution < -0.4 is 4.74 Å². The van der Waals surface area contributed by atoms with Crippen molar-refractivity contribution < 1.29 is 4.74 Å². The molecule has 16 heavy (non-hydrogen) atoms. The van der Waals surface area contributed by atoms with Crippen molar-refractivity contribution in [2.24, 2.45) is 5.92 Å². The number of benzene rings is 1. The fraction of sp³-hybridized carbons (Fsp3) is 0.571. The van der Waals surface area contributed by atoms with Crippen LogP contribution in [0.2, 0.25) is 0 Å². The van der Waals surface area contributed by atoms with E-state index in [2.05, 4.69) is 30.1 Å². The Bertz CT molecular complexity index is 337. The Morgan fingerprint density at radius 2 is 2.31 bits per heavy atom. The molecule has 0 N–H and O–H groups in total. The second kappa shape index (κ2) is 5.35. The van der Waals surface area contributed by atoms with Crippen molar-refractivity contribution >= 4 is 0 Å². The van der Waals surface area contributed by atoms with Gasteiger partial charge in [-0.3, -0.25) is 0 Å². The van der Waals surface area contributed by atoms with Gasteiger partial charge >= 0.3 is 0 Å². The Labute approximate surface area is 98.2 Å². The summed E-state index contributed by atoms with van der Waals surface area (Å²) in [5.41, 5.74) is 1.40. The minimum absolute atomic E-state index is 0.811. The smallest absolute Gasteiger partial charge is 0.119 e. The van der Waals surface area contributed by atoms with E-state index in [1.54, 1.807) is 7.11 Å². The predicted octanol–water partition coefficient (Wildman–Crippen LogP) is 2.58. The summed E-state index contributed by atoms with van der Waals surface area (Å²) >= 11 is 0. The van der Waals surface area contributed by atoms with Crippen LogP contribution in [0.25, 0.3) is 0 Å². The average molecular weight is 219 g/mol. The SMILES string of the molecule is COc1cccc(CC2CCCN(C)C2)c1. The number of rotatable bonds is 3. The van der Waals surface area contributed by atoms with Gasteiger partial charge in [0.15, 0.2) is 0 Å². The highest BCUT2D eigenvalue weighted by molar-refractivity contribution is 5.28. The van der Waals surface area contributed by atoms with Crippen LogP contribution >= 0.6 is 0 Å². The molecule has 1 unspecified atom stereocenters. The first-order valence-electron chi connectivity index (χ1n) is 6.09. The Balaban J connectivity index is 1.97. The zero-order chi connectivity index (χ0) is 11.4. The molecule has 1 fully saturated rings. The van der Waals surface area contributed by atoms with Gasteiger partial charge in [-0.25, -0.2) is 0 Å². The van der Waals surface area contributed by atoms with E-state index in [0.717, 1.165) is 11.7 Å². The summed E-state index contributed by atoms with van der Waals surface area (Å²) in [6, 6.07) is 8.46. The quantitative estimate of drug-likeness (QED) is 0.774. The molecule has 0 saturated carbocycles. The standard InChI is InChI=1S/C14H21NO/c1-15-8-4-6-13(11-15)9-12-5-3-7-14(10-12)16-2/h3,5,7,10,13H,4,6,8-9,11H2,1-2H3. The second-order valence-corrected chi connectivity index (χ2v) is 4.83. The molecule has 0 aromatic heterocycles. The molecular weight excluding hydrogens is 198 g/mol. The predicted molar refractivity (Wildman–Crippen MR) is 66.9 cm³/mol. The number of likely N-dealkylation sites (tertiary alicyclic amines) is 1. The van der Waals surface area contributed by atoms with Crippen molar-refractivity contribution in [3.8, 4) is 5.75 Å². The van der Waals surface area contributed by atoms with E-state index in [9.17, 15) is 0 Å². The normalized spacial score (nSPS) is 22.0. The molecule has 1 saturated heterocycles. The van der Waals surface area contributed by atoms with Crippen LogP contribution in [0.1, 0.15) is 18.4 Å². The van der Waals surface area contributed by atoms with Gasteiger partial charge in [0, 0.05) is 6.54 Å². The summed E-state index contributed by atoms with van der Waals surface area (Å²) in [7, 11) is 3.95. The topological polar surface area (TPSA) is 12.5 Å². The molecule has 2 heteroatoms. The second-order valence-electron chi connectivity index (χ2n) is 4.83. The molecule has 1 aromatic rings. The summed E-state index contributed by atoms with van der Waals surface area (Å²) in [5, 5.41) is 0. The third-order valence-corrected chi connectivity index (χ3v) is 3.38. The van der Waals surface area contributed by atoms with Gasteiger partial charge in [-0.1, -0.05) is 12.1 Å². The first kappa shape index (κ1) is 11.5. The number of methoxy groups -OCH3 is 1. The lowest BCUT2D eigenvalue weighted by molar-refractivity contribution is 0.209. The molecule has 1 aliphatic rings. The van der Waals surface area contributed by atoms with Crippen molar-refractivity contribution in [2.45, 2.75) is 19.3 Å². The largest absolute Gasteiger partial charge is 0.497 e. The van der Waals surface area contributed by atoms with Crippen LogP contribution in [-0.2, 0) is 6.42 Å². The van der Waals surface area contributed by atoms with Gasteiger partial charge in [0.2, 0.25) is 0 Å². The monoisotopic (exact) mass is 219 g/mol. The van der Waals surface area contributed by atoms with Crippen molar-refractivity contribution in [3.05, 3.63) is 29.8 Å². The molecule has 0 amide bonds. The van der Waals surface area contributed by atoms with Crippen LogP contribution in [0.5, 0.6) is 5.75 Å². The number of hydrogen-bond acceptors (Lipinski definition) is 2. The van der Waals surface area contributed by atoms with E-state index >= 15 is 0 Å². The van der Waals surface area contributed by atoms with Crippen molar-refractivity contribution in [3.63, 3.8) is 0 Å². The summed E-state index contributed by atoms with van der Waals surface area (Å²) in [6.07, 6.45) is 3.88. The van der Waals surface area contributed by atoms with Gasteiger partial charge in [-0.05, 0) is 56.5 Å². The fourth-order valence-corrected chi connectivity index (χ4v) is 2.57. The molecule has 0 radical (unpaired) electrons. The summed E-state index contributed by atoms with van der Waals surface area (Å²) in [6.45, 7) is 2.49. The lowest BCUT2D eigenvalue weighted by Crippen LogP contribution is -2.32. The average Bonchev–Trinajstić information content (AvgIpc) is 2.29. The first-order valence-corrected chi connectivity index (χ1v) is 6.09. The summed E-state index contributed by atoms with van der Waals surface area (Å²) in [4.78, 5) is 2.44. The molecule has 1 heterocycles. The zero-order valence-corrected chi connectivity index (χ0v) is 10.3. The highest BCUT2D eigenvalue weighted by Gasteiger charge is 2.17. The lowest BCUT2D eigenvalue weighted by Gasteiger charge is -2.29. The number of piperidine rings is 1. The van der Waals surface area contributed by atoms with Gasteiger partial charge < -0.3 is 9.64 Å². The van der Waals surface area contributed by atoms with E-state index in [1.807, 2.05) is 6.07 Å². The van der Waals surface area contributed by atoms with Crippen molar-refractivity contribution in [1.82, 2.24) is 4.90 Å². The van der Waals surface area contributed by atoms with Gasteiger partial charge in [-0.2, -0.15) is 0 Å². The Morgan fingerprint density at radius 1 is 1.44 bits per heavy atom. The molecule has 1 atom stereocenters. The minimum atomic E-state index is 0.811. The van der Waals surface area contributed by atoms with E-state index < -0.39 is 0 Å². The van der Waals surface area contributed by atoms with Crippen LogP contribution in [0, 0.1) is 5.92 Å². The fourth-order valence-electron chi connectivity index (χ4n) is 2.57. The van der Waals surface area contributed by atoms with E-state index in [0.29, 0.717) is 0 Å². The minimum Gasteiger partial charge on any atom is -0.497 e.